The number of hydrogen-bond acceptors (Lipinski definition) is 9. The Kier molecular flexibility index (Phi) is 12.9. The van der Waals surface area contributed by atoms with Gasteiger partial charge in [0.25, 0.3) is 0 Å². The van der Waals surface area contributed by atoms with Gasteiger partial charge in [0.1, 0.15) is 23.7 Å². The highest BCUT2D eigenvalue weighted by Crippen LogP contribution is 2.48. The number of hydrogen-bond donors (Lipinski definition) is 4. The van der Waals surface area contributed by atoms with Crippen LogP contribution in [0.1, 0.15) is 120 Å². The van der Waals surface area contributed by atoms with Crippen LogP contribution in [0.25, 0.3) is 22.1 Å². The molecule has 0 spiro atoms. The summed E-state index contributed by atoms with van der Waals surface area (Å²) < 4.78 is 26.1. The molecule has 4 N–H and O–H groups in total. The number of likely N-dealkylation sites (N-methyl/N-ethyl adjacent to an activating group) is 1. The van der Waals surface area contributed by atoms with Crippen LogP contribution in [0.5, 0.6) is 5.75 Å². The third-order valence-electron chi connectivity index (χ3n) is 13.4. The van der Waals surface area contributed by atoms with Crippen LogP contribution in [0.15, 0.2) is 54.6 Å². The first-order chi connectivity index (χ1) is 31.2. The van der Waals surface area contributed by atoms with Gasteiger partial charge in [-0.05, 0) is 105 Å². The van der Waals surface area contributed by atoms with Gasteiger partial charge in [0.15, 0.2) is 11.6 Å². The number of H-pyrrole nitrogens is 2. The molecule has 0 aliphatic carbocycles. The van der Waals surface area contributed by atoms with Crippen LogP contribution < -0.4 is 15.0 Å². The Balaban J connectivity index is 1.09. The van der Waals surface area contributed by atoms with E-state index in [0.717, 1.165) is 70.2 Å². The predicted octanol–water partition coefficient (Wildman–Crippen LogP) is 8.40. The number of halogens is 1. The second kappa shape index (κ2) is 18.6. The molecular formula is C48H60FN9O7. The molecule has 0 bridgehead atoms. The molecule has 0 saturated carbocycles. The van der Waals surface area contributed by atoms with Crippen molar-refractivity contribution in [1.29, 1.82) is 0 Å². The Labute approximate surface area is 377 Å². The van der Waals surface area contributed by atoms with Crippen molar-refractivity contribution in [3.05, 3.63) is 83.2 Å². The smallest absolute Gasteiger partial charge is 0.407 e. The van der Waals surface area contributed by atoms with Gasteiger partial charge in [-0.15, -0.1) is 0 Å². The lowest BCUT2D eigenvalue weighted by atomic mass is 10.0. The summed E-state index contributed by atoms with van der Waals surface area (Å²) in [6.07, 6.45) is 2.75. The number of methoxy groups -OCH3 is 1. The number of aromatic amines is 2. The van der Waals surface area contributed by atoms with E-state index in [1.807, 2.05) is 52.8 Å². The Hall–Kier alpha value is -6.39. The van der Waals surface area contributed by atoms with E-state index in [1.54, 1.807) is 21.9 Å². The standard InChI is InChI=1S/C48H60FN9O7/c1-8-65-40-20-15-30(25-31(40)49)58-36(28-13-16-32-34(23-28)52-43(50-32)38-11-9-21-56(38)45(59)41(26(2)3)54-47(61)64-7)18-19-37(58)29-14-17-33-35(24-29)53-44(51-33)39-12-10-22-57(39)46(60)42(27(4)5)55(6)48(62)63/h13-17,20,23-27,36-39,41-42H,8-12,18-19,21-22H2,1-7H3,(H,50,52)(H,51,53)(H,54,61)(H,62,63)/t36-,37-,38+,39+,41+,42+/m1/s1. The largest absolute Gasteiger partial charge is 0.491 e. The number of nitrogens with zero attached hydrogens (tertiary/aromatic N) is 6. The van der Waals surface area contributed by atoms with Crippen molar-refractivity contribution in [3.63, 3.8) is 0 Å². The summed E-state index contributed by atoms with van der Waals surface area (Å²) in [4.78, 5) is 75.7. The second-order valence-corrected chi connectivity index (χ2v) is 18.2. The topological polar surface area (TPSA) is 189 Å². The number of nitrogens with one attached hydrogen (secondary N) is 3. The summed E-state index contributed by atoms with van der Waals surface area (Å²) in [6.45, 7) is 10.7. The van der Waals surface area contributed by atoms with Crippen LogP contribution in [0.3, 0.4) is 0 Å². The Bertz CT molecular complexity index is 2580. The van der Waals surface area contributed by atoms with Gasteiger partial charge in [-0.3, -0.25) is 14.5 Å². The molecule has 17 heteroatoms. The van der Waals surface area contributed by atoms with Gasteiger partial charge in [0, 0.05) is 31.9 Å². The third-order valence-corrected chi connectivity index (χ3v) is 13.4. The summed E-state index contributed by atoms with van der Waals surface area (Å²) >= 11 is 0. The Morgan fingerprint density at radius 3 is 1.83 bits per heavy atom. The molecule has 8 rings (SSSR count). The molecule has 3 fully saturated rings. The van der Waals surface area contributed by atoms with Crippen LogP contribution in [-0.2, 0) is 14.3 Å². The lowest BCUT2D eigenvalue weighted by Crippen LogP contribution is -2.51. The zero-order chi connectivity index (χ0) is 46.3. The van der Waals surface area contributed by atoms with Gasteiger partial charge in [0.05, 0.1) is 60.0 Å². The summed E-state index contributed by atoms with van der Waals surface area (Å²) in [7, 11) is 2.72. The molecule has 3 aliphatic rings. The highest BCUT2D eigenvalue weighted by molar-refractivity contribution is 5.87. The van der Waals surface area contributed by atoms with Crippen molar-refractivity contribution in [2.24, 2.45) is 11.8 Å². The number of fused-ring (bicyclic) bond motifs is 2. The molecule has 16 nitrogen and oxygen atoms in total. The number of imidazole rings is 2. The normalized spacial score (nSPS) is 20.9. The zero-order valence-electron chi connectivity index (χ0n) is 38.1. The first-order valence-electron chi connectivity index (χ1n) is 22.8. The van der Waals surface area contributed by atoms with Crippen LogP contribution in [0.4, 0.5) is 19.7 Å². The number of amides is 4. The Morgan fingerprint density at radius 2 is 1.35 bits per heavy atom. The Morgan fingerprint density at radius 1 is 0.800 bits per heavy atom. The minimum atomic E-state index is -1.15. The number of benzene rings is 3. The van der Waals surface area contributed by atoms with E-state index in [9.17, 15) is 24.3 Å². The fourth-order valence-electron chi connectivity index (χ4n) is 10.3. The van der Waals surface area contributed by atoms with E-state index in [-0.39, 0.29) is 53.6 Å². The summed E-state index contributed by atoms with van der Waals surface area (Å²) in [5.74, 6) is 0.315. The molecule has 5 aromatic rings. The van der Waals surface area contributed by atoms with Crippen molar-refractivity contribution < 1.29 is 38.1 Å². The van der Waals surface area contributed by atoms with Gasteiger partial charge < -0.3 is 44.6 Å². The van der Waals surface area contributed by atoms with E-state index in [4.69, 9.17) is 19.4 Å². The van der Waals surface area contributed by atoms with Crippen molar-refractivity contribution in [2.45, 2.75) is 109 Å². The number of carbonyl (C=O) groups excluding carboxylic acids is 3. The highest BCUT2D eigenvalue weighted by Gasteiger charge is 2.41. The first-order valence-corrected chi connectivity index (χ1v) is 22.8. The number of ether oxygens (including phenoxy) is 2. The maximum atomic E-state index is 15.7. The summed E-state index contributed by atoms with van der Waals surface area (Å²) in [6, 6.07) is 15.0. The van der Waals surface area contributed by atoms with Crippen LogP contribution >= 0.6 is 0 Å². The number of carbonyl (C=O) groups is 4. The average molecular weight is 894 g/mol. The molecule has 2 aromatic heterocycles. The quantitative estimate of drug-likeness (QED) is 0.0894. The van der Waals surface area contributed by atoms with Crippen molar-refractivity contribution >= 4 is 51.8 Å². The number of alkyl carbamates (subject to hydrolysis) is 1. The van der Waals surface area contributed by atoms with Crippen molar-refractivity contribution in [3.8, 4) is 5.75 Å². The van der Waals surface area contributed by atoms with Crippen molar-refractivity contribution in [1.82, 2.24) is 40.0 Å². The van der Waals surface area contributed by atoms with Gasteiger partial charge >= 0.3 is 12.2 Å². The highest BCUT2D eigenvalue weighted by atomic mass is 19.1. The SMILES string of the molecule is CCOc1ccc(N2[C@@H](c3ccc4nc([C@@H]5CCCN5C(=O)[C@@H](NC(=O)OC)C(C)C)[nH]c4c3)CC[C@@H]2c2ccc3nc([C@@H]4CCCN4C(=O)[C@H](C(C)C)N(C)C(=O)O)[nH]c3c2)cc1F. The number of carboxylic acid groups (broad SMARTS) is 1. The molecule has 65 heavy (non-hydrogen) atoms. The molecule has 6 atom stereocenters. The maximum Gasteiger partial charge on any atom is 0.407 e. The van der Waals surface area contributed by atoms with E-state index >= 15 is 4.39 Å². The van der Waals surface area contributed by atoms with Crippen molar-refractivity contribution in [2.75, 3.05) is 38.8 Å². The van der Waals surface area contributed by atoms with E-state index in [2.05, 4.69) is 44.5 Å². The summed E-state index contributed by atoms with van der Waals surface area (Å²) in [5, 5.41) is 12.5. The van der Waals surface area contributed by atoms with Crippen LogP contribution in [0, 0.1) is 17.7 Å². The number of anilines is 1. The average Bonchev–Trinajstić information content (AvgIpc) is 4.14. The third kappa shape index (κ3) is 8.76. The zero-order valence-corrected chi connectivity index (χ0v) is 38.1. The van der Waals surface area contributed by atoms with Gasteiger partial charge in [0.2, 0.25) is 11.8 Å². The molecule has 5 heterocycles. The minimum absolute atomic E-state index is 0.141. The molecule has 3 aliphatic heterocycles. The van der Waals surface area contributed by atoms with Gasteiger partial charge in [-0.25, -0.2) is 23.9 Å². The number of aromatic nitrogens is 4. The maximum absolute atomic E-state index is 15.7. The molecule has 4 amide bonds. The second-order valence-electron chi connectivity index (χ2n) is 18.2. The number of likely N-dealkylation sites (tertiary alicyclic amines) is 2. The van der Waals surface area contributed by atoms with Gasteiger partial charge in [-0.1, -0.05) is 39.8 Å². The lowest BCUT2D eigenvalue weighted by Gasteiger charge is -2.33. The molecule has 3 saturated heterocycles. The minimum Gasteiger partial charge on any atom is -0.491 e. The van der Waals surface area contributed by atoms with E-state index in [0.29, 0.717) is 43.5 Å². The summed E-state index contributed by atoms with van der Waals surface area (Å²) in [5.41, 5.74) is 5.90. The monoisotopic (exact) mass is 893 g/mol. The molecular weight excluding hydrogens is 834 g/mol. The number of rotatable bonds is 13. The van der Waals surface area contributed by atoms with Crippen LogP contribution in [-0.4, -0.2) is 110 Å². The van der Waals surface area contributed by atoms with E-state index in [1.165, 1.54) is 14.2 Å². The molecule has 346 valence electrons. The lowest BCUT2D eigenvalue weighted by molar-refractivity contribution is -0.138. The van der Waals surface area contributed by atoms with E-state index < -0.39 is 30.1 Å². The fourth-order valence-corrected chi connectivity index (χ4v) is 10.3. The fraction of sp³-hybridized carbons (Fsp3) is 0.500. The molecule has 3 aromatic carbocycles. The first kappa shape index (κ1) is 45.2. The predicted molar refractivity (Wildman–Crippen MR) is 243 cm³/mol. The van der Waals surface area contributed by atoms with Gasteiger partial charge in [-0.2, -0.15) is 0 Å². The van der Waals surface area contributed by atoms with Crippen LogP contribution in [0.2, 0.25) is 0 Å². The molecule has 0 radical (unpaired) electrons. The molecule has 0 unspecified atom stereocenters.